The Balaban J connectivity index is 1.16. The van der Waals surface area contributed by atoms with Crippen LogP contribution in [-0.2, 0) is 6.54 Å². The first-order valence-electron chi connectivity index (χ1n) is 9.53. The second-order valence-corrected chi connectivity index (χ2v) is 7.98. The fraction of sp³-hybridized carbons (Fsp3) is 0.524. The lowest BCUT2D eigenvalue weighted by molar-refractivity contribution is 0.109. The Hall–Kier alpha value is -1.58. The Kier molecular flexibility index (Phi) is 3.72. The van der Waals surface area contributed by atoms with Crippen LogP contribution in [0.4, 0.5) is 0 Å². The third-order valence-electron chi connectivity index (χ3n) is 6.44. The molecule has 2 heterocycles. The number of nitrogens with zero attached hydrogens (tertiary/aromatic N) is 2. The molecule has 1 aromatic carbocycles. The normalized spacial score (nSPS) is 30.6. The zero-order valence-electron chi connectivity index (χ0n) is 14.3. The van der Waals surface area contributed by atoms with Gasteiger partial charge in [-0.2, -0.15) is 0 Å². The van der Waals surface area contributed by atoms with E-state index in [1.54, 1.807) is 0 Å². The third-order valence-corrected chi connectivity index (χ3v) is 6.44. The smallest absolute Gasteiger partial charge is 0.0457 e. The molecule has 0 unspecified atom stereocenters. The molecule has 3 nitrogen and oxygen atoms in total. The number of allylic oxidation sites excluding steroid dienone is 2. The van der Waals surface area contributed by atoms with Crippen LogP contribution in [0.3, 0.4) is 0 Å². The van der Waals surface area contributed by atoms with Gasteiger partial charge in [-0.1, -0.05) is 30.4 Å². The molecule has 1 saturated heterocycles. The first-order chi connectivity index (χ1) is 11.8. The van der Waals surface area contributed by atoms with Crippen molar-refractivity contribution in [1.29, 1.82) is 0 Å². The number of benzene rings is 1. The van der Waals surface area contributed by atoms with E-state index in [4.69, 9.17) is 0 Å². The van der Waals surface area contributed by atoms with Crippen LogP contribution in [0.5, 0.6) is 0 Å². The molecule has 1 saturated carbocycles. The second-order valence-electron chi connectivity index (χ2n) is 7.98. The number of piperazine rings is 1. The van der Waals surface area contributed by atoms with Crippen molar-refractivity contribution in [1.82, 2.24) is 14.8 Å². The molecular formula is C21H27N3. The summed E-state index contributed by atoms with van der Waals surface area (Å²) in [4.78, 5) is 8.74. The Labute approximate surface area is 144 Å². The minimum atomic E-state index is 0.888. The van der Waals surface area contributed by atoms with Crippen LogP contribution >= 0.6 is 0 Å². The molecule has 2 bridgehead atoms. The molecule has 126 valence electrons. The molecule has 1 aliphatic heterocycles. The summed E-state index contributed by atoms with van der Waals surface area (Å²) in [5.41, 5.74) is 2.70. The molecule has 3 atom stereocenters. The van der Waals surface area contributed by atoms with Crippen molar-refractivity contribution in [3.05, 3.63) is 48.2 Å². The number of hydrogen-bond acceptors (Lipinski definition) is 2. The monoisotopic (exact) mass is 321 g/mol. The summed E-state index contributed by atoms with van der Waals surface area (Å²) in [7, 11) is 0. The number of aromatic amines is 1. The molecule has 0 radical (unpaired) electrons. The molecular weight excluding hydrogens is 294 g/mol. The highest BCUT2D eigenvalue weighted by Crippen LogP contribution is 2.43. The van der Waals surface area contributed by atoms with Crippen molar-refractivity contribution in [3.8, 4) is 0 Å². The van der Waals surface area contributed by atoms with Gasteiger partial charge in [0, 0.05) is 56.4 Å². The lowest BCUT2D eigenvalue weighted by atomic mass is 9.93. The Bertz CT molecular complexity index is 738. The maximum Gasteiger partial charge on any atom is 0.0457 e. The zero-order chi connectivity index (χ0) is 15.9. The van der Waals surface area contributed by atoms with E-state index in [9.17, 15) is 0 Å². The summed E-state index contributed by atoms with van der Waals surface area (Å²) < 4.78 is 0. The van der Waals surface area contributed by atoms with Crippen LogP contribution in [0.2, 0.25) is 0 Å². The van der Waals surface area contributed by atoms with Crippen molar-refractivity contribution in [2.75, 3.05) is 32.7 Å². The molecule has 0 spiro atoms. The highest BCUT2D eigenvalue weighted by Gasteiger charge is 2.36. The van der Waals surface area contributed by atoms with Crippen molar-refractivity contribution < 1.29 is 0 Å². The molecule has 2 aromatic rings. The predicted molar refractivity (Wildman–Crippen MR) is 98.9 cm³/mol. The lowest BCUT2D eigenvalue weighted by Crippen LogP contribution is -2.47. The molecule has 0 amide bonds. The van der Waals surface area contributed by atoms with E-state index in [1.165, 1.54) is 62.0 Å². The van der Waals surface area contributed by atoms with Crippen LogP contribution in [-0.4, -0.2) is 47.5 Å². The SMILES string of the molecule is C1=C[C@H]2C[C@@H]1C[C@H]2CN1CCN(Cc2c[nH]c3ccccc23)CC1. The Morgan fingerprint density at radius 2 is 1.79 bits per heavy atom. The number of fused-ring (bicyclic) bond motifs is 3. The van der Waals surface area contributed by atoms with Gasteiger partial charge in [0.1, 0.15) is 0 Å². The summed E-state index contributed by atoms with van der Waals surface area (Å²) in [5, 5.41) is 1.38. The molecule has 3 heteroatoms. The van der Waals surface area contributed by atoms with Crippen LogP contribution < -0.4 is 0 Å². The van der Waals surface area contributed by atoms with Gasteiger partial charge in [-0.15, -0.1) is 0 Å². The molecule has 3 aliphatic rings. The topological polar surface area (TPSA) is 22.3 Å². The summed E-state index contributed by atoms with van der Waals surface area (Å²) in [6, 6.07) is 8.65. The van der Waals surface area contributed by atoms with Crippen LogP contribution in [0, 0.1) is 17.8 Å². The van der Waals surface area contributed by atoms with Crippen LogP contribution in [0.25, 0.3) is 10.9 Å². The highest BCUT2D eigenvalue weighted by atomic mass is 15.3. The molecule has 1 N–H and O–H groups in total. The van der Waals surface area contributed by atoms with Gasteiger partial charge in [-0.25, -0.2) is 0 Å². The van der Waals surface area contributed by atoms with Gasteiger partial charge in [-0.05, 0) is 42.2 Å². The summed E-state index contributed by atoms with van der Waals surface area (Å²) in [6.45, 7) is 7.29. The van der Waals surface area contributed by atoms with Crippen molar-refractivity contribution in [3.63, 3.8) is 0 Å². The fourth-order valence-electron chi connectivity index (χ4n) is 5.07. The van der Waals surface area contributed by atoms with Gasteiger partial charge in [0.15, 0.2) is 0 Å². The van der Waals surface area contributed by atoms with Crippen LogP contribution in [0.15, 0.2) is 42.6 Å². The van der Waals surface area contributed by atoms with Gasteiger partial charge < -0.3 is 9.88 Å². The molecule has 1 aromatic heterocycles. The van der Waals surface area contributed by atoms with E-state index < -0.39 is 0 Å². The van der Waals surface area contributed by atoms with Crippen molar-refractivity contribution in [2.24, 2.45) is 17.8 Å². The maximum absolute atomic E-state index is 3.41. The first-order valence-corrected chi connectivity index (χ1v) is 9.53. The van der Waals surface area contributed by atoms with E-state index in [0.717, 1.165) is 24.3 Å². The van der Waals surface area contributed by atoms with Crippen molar-refractivity contribution >= 4 is 10.9 Å². The number of aromatic nitrogens is 1. The fourth-order valence-corrected chi connectivity index (χ4v) is 5.07. The number of nitrogens with one attached hydrogen (secondary N) is 1. The lowest BCUT2D eigenvalue weighted by Gasteiger charge is -2.36. The average molecular weight is 321 g/mol. The van der Waals surface area contributed by atoms with Gasteiger partial charge >= 0.3 is 0 Å². The average Bonchev–Trinajstić information content (AvgIpc) is 3.33. The van der Waals surface area contributed by atoms with Crippen molar-refractivity contribution in [2.45, 2.75) is 19.4 Å². The van der Waals surface area contributed by atoms with E-state index in [1.807, 2.05) is 0 Å². The largest absolute Gasteiger partial charge is 0.361 e. The summed E-state index contributed by atoms with van der Waals surface area (Å²) >= 11 is 0. The minimum absolute atomic E-state index is 0.888. The first kappa shape index (κ1) is 14.7. The zero-order valence-corrected chi connectivity index (χ0v) is 14.3. The predicted octanol–water partition coefficient (Wildman–Crippen LogP) is 3.50. The quantitative estimate of drug-likeness (QED) is 0.871. The Morgan fingerprint density at radius 3 is 2.58 bits per heavy atom. The van der Waals surface area contributed by atoms with Gasteiger partial charge in [-0.3, -0.25) is 4.90 Å². The number of para-hydroxylation sites is 1. The van der Waals surface area contributed by atoms with E-state index in [2.05, 4.69) is 57.4 Å². The number of H-pyrrole nitrogens is 1. The molecule has 24 heavy (non-hydrogen) atoms. The van der Waals surface area contributed by atoms with E-state index in [-0.39, 0.29) is 0 Å². The van der Waals surface area contributed by atoms with E-state index in [0.29, 0.717) is 0 Å². The van der Waals surface area contributed by atoms with Crippen LogP contribution in [0.1, 0.15) is 18.4 Å². The molecule has 5 rings (SSSR count). The molecule has 2 aliphatic carbocycles. The standard InChI is InChI=1S/C21H27N3/c1-2-4-21-20(3-1)19(13-22-21)15-24-9-7-23(8-10-24)14-18-12-16-5-6-17(18)11-16/h1-6,13,16-18,22H,7-12,14-15H2/t16-,17+,18+/m1/s1. The summed E-state index contributed by atoms with van der Waals surface area (Å²) in [5.74, 6) is 2.72. The third kappa shape index (κ3) is 2.70. The van der Waals surface area contributed by atoms with Gasteiger partial charge in [0.05, 0.1) is 0 Å². The van der Waals surface area contributed by atoms with Gasteiger partial charge in [0.2, 0.25) is 0 Å². The van der Waals surface area contributed by atoms with Gasteiger partial charge in [0.25, 0.3) is 0 Å². The number of rotatable bonds is 4. The Morgan fingerprint density at radius 1 is 0.958 bits per heavy atom. The highest BCUT2D eigenvalue weighted by molar-refractivity contribution is 5.82. The maximum atomic E-state index is 3.41. The summed E-state index contributed by atoms with van der Waals surface area (Å²) in [6.07, 6.45) is 10.0. The molecule has 2 fully saturated rings. The number of hydrogen-bond donors (Lipinski definition) is 1. The van der Waals surface area contributed by atoms with E-state index >= 15 is 0 Å². The second kappa shape index (κ2) is 6.05. The minimum Gasteiger partial charge on any atom is -0.361 e.